The van der Waals surface area contributed by atoms with Crippen molar-refractivity contribution in [2.75, 3.05) is 0 Å². The predicted molar refractivity (Wildman–Crippen MR) is 51.6 cm³/mol. The molecule has 1 N–H and O–H groups in total. The number of carboxylic acid groups (broad SMARTS) is 1. The van der Waals surface area contributed by atoms with Crippen molar-refractivity contribution in [3.05, 3.63) is 47.3 Å². The number of hydrogen-bond donors (Lipinski definition) is 1. The van der Waals surface area contributed by atoms with Crippen molar-refractivity contribution in [3.8, 4) is 0 Å². The fourth-order valence-electron chi connectivity index (χ4n) is 1.14. The summed E-state index contributed by atoms with van der Waals surface area (Å²) in [6.07, 6.45) is 0.246. The monoisotopic (exact) mass is 194 g/mol. The van der Waals surface area contributed by atoms with Gasteiger partial charge in [0, 0.05) is 12.0 Å². The third kappa shape index (κ3) is 2.42. The van der Waals surface area contributed by atoms with Gasteiger partial charge in [0.2, 0.25) is 0 Å². The standard InChI is InChI=1S/C11H11FO2/c1-7-5-9(3-4-10(7)12)6-8(2)11(13)14/h3-5H,2,6H2,1H3,(H,13,14). The number of aryl methyl sites for hydroxylation is 1. The van der Waals surface area contributed by atoms with Gasteiger partial charge in [-0.15, -0.1) is 0 Å². The molecule has 3 heteroatoms. The van der Waals surface area contributed by atoms with Crippen LogP contribution in [0.1, 0.15) is 11.1 Å². The average molecular weight is 194 g/mol. The van der Waals surface area contributed by atoms with E-state index in [0.717, 1.165) is 5.56 Å². The Morgan fingerprint density at radius 2 is 2.21 bits per heavy atom. The number of halogens is 1. The van der Waals surface area contributed by atoms with Crippen LogP contribution < -0.4 is 0 Å². The van der Waals surface area contributed by atoms with E-state index in [1.807, 2.05) is 0 Å². The van der Waals surface area contributed by atoms with Gasteiger partial charge in [0.15, 0.2) is 0 Å². The second kappa shape index (κ2) is 4.05. The van der Waals surface area contributed by atoms with Gasteiger partial charge >= 0.3 is 5.97 Å². The molecule has 0 saturated carbocycles. The molecule has 0 aliphatic heterocycles. The van der Waals surface area contributed by atoms with Gasteiger partial charge < -0.3 is 5.11 Å². The number of rotatable bonds is 3. The molecule has 0 fully saturated rings. The molecule has 1 rings (SSSR count). The van der Waals surface area contributed by atoms with Gasteiger partial charge in [0.05, 0.1) is 0 Å². The zero-order valence-corrected chi connectivity index (χ0v) is 7.88. The Hall–Kier alpha value is -1.64. The smallest absolute Gasteiger partial charge is 0.331 e. The van der Waals surface area contributed by atoms with E-state index in [1.54, 1.807) is 19.1 Å². The van der Waals surface area contributed by atoms with E-state index in [1.165, 1.54) is 6.07 Å². The first-order chi connectivity index (χ1) is 6.50. The lowest BCUT2D eigenvalue weighted by molar-refractivity contribution is -0.132. The fraction of sp³-hybridized carbons (Fsp3) is 0.182. The van der Waals surface area contributed by atoms with Gasteiger partial charge in [0.25, 0.3) is 0 Å². The van der Waals surface area contributed by atoms with Gasteiger partial charge in [0.1, 0.15) is 5.82 Å². The van der Waals surface area contributed by atoms with Crippen LogP contribution in [0.15, 0.2) is 30.4 Å². The van der Waals surface area contributed by atoms with Gasteiger partial charge in [-0.3, -0.25) is 0 Å². The van der Waals surface area contributed by atoms with Crippen LogP contribution in [0.4, 0.5) is 4.39 Å². The van der Waals surface area contributed by atoms with Crippen molar-refractivity contribution in [1.29, 1.82) is 0 Å². The van der Waals surface area contributed by atoms with Crippen LogP contribution in [0.2, 0.25) is 0 Å². The maximum absolute atomic E-state index is 12.9. The Morgan fingerprint density at radius 1 is 1.57 bits per heavy atom. The highest BCUT2D eigenvalue weighted by Gasteiger charge is 2.06. The quantitative estimate of drug-likeness (QED) is 0.750. The maximum Gasteiger partial charge on any atom is 0.331 e. The molecule has 0 radical (unpaired) electrons. The molecular formula is C11H11FO2. The van der Waals surface area contributed by atoms with E-state index in [2.05, 4.69) is 6.58 Å². The summed E-state index contributed by atoms with van der Waals surface area (Å²) in [6, 6.07) is 4.53. The molecule has 14 heavy (non-hydrogen) atoms. The molecule has 0 aliphatic rings. The molecular weight excluding hydrogens is 183 g/mol. The van der Waals surface area contributed by atoms with Gasteiger partial charge in [-0.2, -0.15) is 0 Å². The van der Waals surface area contributed by atoms with Crippen LogP contribution >= 0.6 is 0 Å². The van der Waals surface area contributed by atoms with Crippen LogP contribution in [0.5, 0.6) is 0 Å². The van der Waals surface area contributed by atoms with Crippen molar-refractivity contribution in [1.82, 2.24) is 0 Å². The van der Waals surface area contributed by atoms with Crippen molar-refractivity contribution in [2.45, 2.75) is 13.3 Å². The normalized spacial score (nSPS) is 9.86. The largest absolute Gasteiger partial charge is 0.478 e. The highest BCUT2D eigenvalue weighted by molar-refractivity contribution is 5.86. The van der Waals surface area contributed by atoms with Crippen LogP contribution in [0, 0.1) is 12.7 Å². The Labute approximate surface area is 81.7 Å². The molecule has 0 aliphatic carbocycles. The van der Waals surface area contributed by atoms with Crippen LogP contribution in [0.25, 0.3) is 0 Å². The summed E-state index contributed by atoms with van der Waals surface area (Å²) in [4.78, 5) is 10.5. The molecule has 2 nitrogen and oxygen atoms in total. The van der Waals surface area contributed by atoms with E-state index in [9.17, 15) is 9.18 Å². The van der Waals surface area contributed by atoms with E-state index >= 15 is 0 Å². The molecule has 74 valence electrons. The van der Waals surface area contributed by atoms with E-state index in [4.69, 9.17) is 5.11 Å². The van der Waals surface area contributed by atoms with Crippen LogP contribution in [-0.4, -0.2) is 11.1 Å². The molecule has 0 aromatic heterocycles. The van der Waals surface area contributed by atoms with Crippen molar-refractivity contribution >= 4 is 5.97 Å². The van der Waals surface area contributed by atoms with Gasteiger partial charge in [-0.25, -0.2) is 9.18 Å². The minimum atomic E-state index is -1.02. The van der Waals surface area contributed by atoms with Crippen molar-refractivity contribution in [2.24, 2.45) is 0 Å². The topological polar surface area (TPSA) is 37.3 Å². The second-order valence-corrected chi connectivity index (χ2v) is 3.17. The summed E-state index contributed by atoms with van der Waals surface area (Å²) in [7, 11) is 0. The number of aliphatic carboxylic acids is 1. The third-order valence-electron chi connectivity index (χ3n) is 1.94. The Kier molecular flexibility index (Phi) is 3.02. The zero-order chi connectivity index (χ0) is 10.7. The molecule has 1 aromatic carbocycles. The molecule has 0 spiro atoms. The summed E-state index contributed by atoms with van der Waals surface area (Å²) in [5.41, 5.74) is 1.38. The van der Waals surface area contributed by atoms with E-state index in [0.29, 0.717) is 5.56 Å². The lowest BCUT2D eigenvalue weighted by atomic mass is 10.0. The molecule has 1 aromatic rings. The first-order valence-electron chi connectivity index (χ1n) is 4.17. The number of benzene rings is 1. The summed E-state index contributed by atoms with van der Waals surface area (Å²) >= 11 is 0. The minimum absolute atomic E-state index is 0.107. The number of carboxylic acids is 1. The second-order valence-electron chi connectivity index (χ2n) is 3.17. The lowest BCUT2D eigenvalue weighted by Crippen LogP contribution is -2.02. The molecule has 0 amide bonds. The minimum Gasteiger partial charge on any atom is -0.478 e. The van der Waals surface area contributed by atoms with Gasteiger partial charge in [-0.1, -0.05) is 18.7 Å². The summed E-state index contributed by atoms with van der Waals surface area (Å²) < 4.78 is 12.9. The molecule has 0 saturated heterocycles. The maximum atomic E-state index is 12.9. The average Bonchev–Trinajstić information content (AvgIpc) is 2.11. The van der Waals surface area contributed by atoms with Crippen LogP contribution in [0.3, 0.4) is 0 Å². The Morgan fingerprint density at radius 3 is 2.71 bits per heavy atom. The lowest BCUT2D eigenvalue weighted by Gasteiger charge is -2.03. The first kappa shape index (κ1) is 10.4. The number of carbonyl (C=O) groups is 1. The predicted octanol–water partition coefficient (Wildman–Crippen LogP) is 2.32. The van der Waals surface area contributed by atoms with Crippen molar-refractivity contribution in [3.63, 3.8) is 0 Å². The van der Waals surface area contributed by atoms with E-state index in [-0.39, 0.29) is 17.8 Å². The molecule has 0 bridgehead atoms. The molecule has 0 atom stereocenters. The summed E-state index contributed by atoms with van der Waals surface area (Å²) in [5.74, 6) is -1.30. The van der Waals surface area contributed by atoms with Crippen molar-refractivity contribution < 1.29 is 14.3 Å². The number of hydrogen-bond acceptors (Lipinski definition) is 1. The van der Waals surface area contributed by atoms with Crippen LogP contribution in [-0.2, 0) is 11.2 Å². The first-order valence-corrected chi connectivity index (χ1v) is 4.17. The Bertz CT molecular complexity index is 383. The fourth-order valence-corrected chi connectivity index (χ4v) is 1.14. The van der Waals surface area contributed by atoms with E-state index < -0.39 is 5.97 Å². The summed E-state index contributed by atoms with van der Waals surface area (Å²) in [5, 5.41) is 8.59. The highest BCUT2D eigenvalue weighted by atomic mass is 19.1. The van der Waals surface area contributed by atoms with Gasteiger partial charge in [-0.05, 0) is 24.1 Å². The molecule has 0 unspecified atom stereocenters. The Balaban J connectivity index is 2.83. The zero-order valence-electron chi connectivity index (χ0n) is 7.88. The molecule has 0 heterocycles. The SMILES string of the molecule is C=C(Cc1ccc(F)c(C)c1)C(=O)O. The third-order valence-corrected chi connectivity index (χ3v) is 1.94. The summed E-state index contributed by atoms with van der Waals surface area (Å²) in [6.45, 7) is 5.05. The highest BCUT2D eigenvalue weighted by Crippen LogP contribution is 2.12.